The highest BCUT2D eigenvalue weighted by Crippen LogP contribution is 2.19. The Morgan fingerprint density at radius 2 is 1.92 bits per heavy atom. The van der Waals surface area contributed by atoms with Gasteiger partial charge in [0.2, 0.25) is 9.84 Å². The topological polar surface area (TPSA) is 117 Å². The highest BCUT2D eigenvalue weighted by Gasteiger charge is 2.26. The van der Waals surface area contributed by atoms with E-state index in [0.29, 0.717) is 24.5 Å². The van der Waals surface area contributed by atoms with Gasteiger partial charge >= 0.3 is 5.97 Å². The molecule has 0 radical (unpaired) electrons. The number of carbonyl (C=O) groups is 1. The maximum atomic E-state index is 12.6. The molecule has 130 valence electrons. The highest BCUT2D eigenvalue weighted by atomic mass is 32.2. The number of rotatable bonds is 7. The van der Waals surface area contributed by atoms with E-state index in [9.17, 15) is 13.2 Å². The van der Waals surface area contributed by atoms with Crippen LogP contribution in [-0.4, -0.2) is 48.6 Å². The standard InChI is InChI=1S/C15H20N4O4S/c1-11-3-5-12(6-4-11)19-13(7-9-16)17-18-15(19)24(21,22)10-8-14(20)23-2/h3-6H,7-10,16H2,1-2H3. The van der Waals surface area contributed by atoms with E-state index >= 15 is 0 Å². The third kappa shape index (κ3) is 3.98. The maximum Gasteiger partial charge on any atom is 0.306 e. The summed E-state index contributed by atoms with van der Waals surface area (Å²) in [5, 5.41) is 7.59. The van der Waals surface area contributed by atoms with Gasteiger partial charge in [-0.1, -0.05) is 17.7 Å². The Bertz CT molecular complexity index is 812. The second-order valence-corrected chi connectivity index (χ2v) is 7.26. The number of sulfone groups is 1. The van der Waals surface area contributed by atoms with E-state index in [4.69, 9.17) is 5.73 Å². The number of hydrogen-bond acceptors (Lipinski definition) is 7. The molecule has 1 heterocycles. The Morgan fingerprint density at radius 3 is 2.50 bits per heavy atom. The van der Waals surface area contributed by atoms with Crippen LogP contribution in [0.4, 0.5) is 0 Å². The lowest BCUT2D eigenvalue weighted by molar-refractivity contribution is -0.140. The lowest BCUT2D eigenvalue weighted by atomic mass is 10.2. The molecule has 2 rings (SSSR count). The molecule has 0 aliphatic heterocycles. The number of nitrogens with zero attached hydrogens (tertiary/aromatic N) is 3. The van der Waals surface area contributed by atoms with E-state index < -0.39 is 21.6 Å². The number of esters is 1. The fourth-order valence-electron chi connectivity index (χ4n) is 2.16. The predicted molar refractivity (Wildman–Crippen MR) is 87.5 cm³/mol. The Morgan fingerprint density at radius 1 is 1.25 bits per heavy atom. The van der Waals surface area contributed by atoms with Gasteiger partial charge in [-0.3, -0.25) is 9.36 Å². The predicted octanol–water partition coefficient (Wildman–Crippen LogP) is 0.414. The van der Waals surface area contributed by atoms with Crippen LogP contribution in [0.3, 0.4) is 0 Å². The normalized spacial score (nSPS) is 11.5. The molecule has 0 aliphatic rings. The third-order valence-electron chi connectivity index (χ3n) is 3.44. The summed E-state index contributed by atoms with van der Waals surface area (Å²) < 4.78 is 31.1. The zero-order valence-corrected chi connectivity index (χ0v) is 14.4. The number of benzene rings is 1. The molecule has 0 unspecified atom stereocenters. The van der Waals surface area contributed by atoms with Gasteiger partial charge in [-0.15, -0.1) is 10.2 Å². The molecule has 0 aliphatic carbocycles. The molecule has 0 bridgehead atoms. The van der Waals surface area contributed by atoms with Gasteiger partial charge in [0, 0.05) is 12.1 Å². The van der Waals surface area contributed by atoms with E-state index in [0.717, 1.165) is 5.56 Å². The van der Waals surface area contributed by atoms with Crippen molar-refractivity contribution in [2.75, 3.05) is 19.4 Å². The van der Waals surface area contributed by atoms with E-state index in [1.54, 1.807) is 12.1 Å². The monoisotopic (exact) mass is 352 g/mol. The molecular weight excluding hydrogens is 332 g/mol. The van der Waals surface area contributed by atoms with Crippen LogP contribution in [0.5, 0.6) is 0 Å². The summed E-state index contributed by atoms with van der Waals surface area (Å²) in [4.78, 5) is 11.2. The van der Waals surface area contributed by atoms with Crippen LogP contribution in [0, 0.1) is 6.92 Å². The molecule has 0 saturated carbocycles. The first kappa shape index (κ1) is 18.1. The first-order valence-electron chi connectivity index (χ1n) is 7.40. The quantitative estimate of drug-likeness (QED) is 0.717. The van der Waals surface area contributed by atoms with Crippen LogP contribution in [0.25, 0.3) is 5.69 Å². The third-order valence-corrected chi connectivity index (χ3v) is 5.00. The van der Waals surface area contributed by atoms with Crippen LogP contribution in [-0.2, 0) is 25.8 Å². The van der Waals surface area contributed by atoms with Crippen molar-refractivity contribution in [3.8, 4) is 5.69 Å². The lowest BCUT2D eigenvalue weighted by Crippen LogP contribution is -2.18. The van der Waals surface area contributed by atoms with Crippen molar-refractivity contribution < 1.29 is 17.9 Å². The van der Waals surface area contributed by atoms with Gasteiger partial charge < -0.3 is 10.5 Å². The molecule has 2 N–H and O–H groups in total. The van der Waals surface area contributed by atoms with Crippen molar-refractivity contribution in [1.29, 1.82) is 0 Å². The second kappa shape index (κ2) is 7.54. The van der Waals surface area contributed by atoms with Gasteiger partial charge in [0.1, 0.15) is 5.82 Å². The zero-order valence-electron chi connectivity index (χ0n) is 13.6. The average molecular weight is 352 g/mol. The number of ether oxygens (including phenoxy) is 1. The number of carbonyl (C=O) groups excluding carboxylic acids is 1. The fraction of sp³-hybridized carbons (Fsp3) is 0.400. The Kier molecular flexibility index (Phi) is 5.68. The van der Waals surface area contributed by atoms with Crippen molar-refractivity contribution in [3.63, 3.8) is 0 Å². The van der Waals surface area contributed by atoms with E-state index in [-0.39, 0.29) is 11.6 Å². The molecule has 0 atom stereocenters. The summed E-state index contributed by atoms with van der Waals surface area (Å²) in [6.45, 7) is 2.25. The van der Waals surface area contributed by atoms with Gasteiger partial charge in [-0.2, -0.15) is 0 Å². The Labute approximate surface area is 140 Å². The number of methoxy groups -OCH3 is 1. The number of nitrogens with two attached hydrogens (primary N) is 1. The number of hydrogen-bond donors (Lipinski definition) is 1. The zero-order chi connectivity index (χ0) is 17.7. The summed E-state index contributed by atoms with van der Waals surface area (Å²) in [5.41, 5.74) is 7.25. The molecule has 9 heteroatoms. The molecule has 0 spiro atoms. The van der Waals surface area contributed by atoms with Crippen molar-refractivity contribution in [1.82, 2.24) is 14.8 Å². The molecular formula is C15H20N4O4S. The largest absolute Gasteiger partial charge is 0.469 e. The Hall–Kier alpha value is -2.26. The molecule has 0 fully saturated rings. The fourth-order valence-corrected chi connectivity index (χ4v) is 3.43. The molecule has 0 amide bonds. The van der Waals surface area contributed by atoms with Gasteiger partial charge in [0.05, 0.1) is 19.3 Å². The van der Waals surface area contributed by atoms with E-state index in [2.05, 4.69) is 14.9 Å². The van der Waals surface area contributed by atoms with E-state index in [1.165, 1.54) is 11.7 Å². The summed E-state index contributed by atoms with van der Waals surface area (Å²) in [5.74, 6) is -0.535. The SMILES string of the molecule is COC(=O)CCS(=O)(=O)c1nnc(CCN)n1-c1ccc(C)cc1. The smallest absolute Gasteiger partial charge is 0.306 e. The van der Waals surface area contributed by atoms with E-state index in [1.807, 2.05) is 19.1 Å². The minimum Gasteiger partial charge on any atom is -0.469 e. The van der Waals surface area contributed by atoms with Gasteiger partial charge in [-0.25, -0.2) is 8.42 Å². The van der Waals surface area contributed by atoms with Crippen molar-refractivity contribution in [2.24, 2.45) is 5.73 Å². The molecule has 1 aromatic heterocycles. The minimum absolute atomic E-state index is 0.196. The summed E-state index contributed by atoms with van der Waals surface area (Å²) in [7, 11) is -2.59. The number of aromatic nitrogens is 3. The summed E-state index contributed by atoms with van der Waals surface area (Å²) in [6, 6.07) is 7.31. The molecule has 24 heavy (non-hydrogen) atoms. The first-order valence-corrected chi connectivity index (χ1v) is 9.05. The minimum atomic E-state index is -3.80. The van der Waals surface area contributed by atoms with Crippen molar-refractivity contribution >= 4 is 15.8 Å². The van der Waals surface area contributed by atoms with Gasteiger partial charge in [0.25, 0.3) is 5.16 Å². The van der Waals surface area contributed by atoms with Crippen molar-refractivity contribution in [3.05, 3.63) is 35.7 Å². The lowest BCUT2D eigenvalue weighted by Gasteiger charge is -2.10. The summed E-state index contributed by atoms with van der Waals surface area (Å²) in [6.07, 6.45) is 0.138. The van der Waals surface area contributed by atoms with Gasteiger partial charge in [0.15, 0.2) is 0 Å². The summed E-state index contributed by atoms with van der Waals surface area (Å²) >= 11 is 0. The first-order chi connectivity index (χ1) is 11.4. The van der Waals surface area contributed by atoms with Crippen LogP contribution in [0.15, 0.2) is 29.4 Å². The van der Waals surface area contributed by atoms with Crippen molar-refractivity contribution in [2.45, 2.75) is 24.9 Å². The maximum absolute atomic E-state index is 12.6. The molecule has 0 saturated heterocycles. The highest BCUT2D eigenvalue weighted by molar-refractivity contribution is 7.91. The van der Waals surface area contributed by atoms with Crippen LogP contribution >= 0.6 is 0 Å². The second-order valence-electron chi connectivity index (χ2n) is 5.25. The molecule has 2 aromatic rings. The molecule has 1 aromatic carbocycles. The van der Waals surface area contributed by atoms with Gasteiger partial charge in [-0.05, 0) is 25.6 Å². The van der Waals surface area contributed by atoms with Crippen LogP contribution in [0.2, 0.25) is 0 Å². The average Bonchev–Trinajstić information content (AvgIpc) is 2.98. The van der Waals surface area contributed by atoms with Crippen LogP contribution < -0.4 is 5.73 Å². The van der Waals surface area contributed by atoms with Crippen LogP contribution in [0.1, 0.15) is 17.8 Å². The number of aryl methyl sites for hydroxylation is 1. The Balaban J connectivity index is 2.46. The molecule has 8 nitrogen and oxygen atoms in total.